The number of aliphatic imine (C=N–C) groups is 1. The molecule has 19 nitrogen and oxygen atoms in total. The van der Waals surface area contributed by atoms with Gasteiger partial charge in [0, 0.05) is 46.0 Å². The highest BCUT2D eigenvalue weighted by atomic mass is 35.5. The third kappa shape index (κ3) is 13.1. The molecule has 2 aliphatic rings. The minimum Gasteiger partial charge on any atom is -0.360 e. The highest BCUT2D eigenvalue weighted by Crippen LogP contribution is 2.30. The molecule has 3 aromatic heterocycles. The number of carbonyl (C=O) groups excluding carboxylic acids is 6. The number of thiazole rings is 1. The van der Waals surface area contributed by atoms with Gasteiger partial charge in [-0.15, -0.1) is 16.4 Å². The van der Waals surface area contributed by atoms with Gasteiger partial charge in [0.05, 0.1) is 43.1 Å². The first kappa shape index (κ1) is 55.0. The summed E-state index contributed by atoms with van der Waals surface area (Å²) in [6.45, 7) is 18.8. The van der Waals surface area contributed by atoms with Crippen molar-refractivity contribution in [2.24, 2.45) is 27.7 Å². The molecule has 8 atom stereocenters. The Labute approximate surface area is 440 Å². The first-order valence-electron chi connectivity index (χ1n) is 25.0. The molecule has 0 saturated carbocycles. The molecule has 0 spiro atoms. The third-order valence-electron chi connectivity index (χ3n) is 13.6. The number of amides is 6. The standard InChI is InChI=1S/C53H68ClN13O6S/c1-29(2)41-47(70)63-44(52(5,6)7)46(58-27-40(69)66-20-18-30(3)43(66)49(72)60-41)62-45(53(8,9)10)50(73)61-42(31(4)32-14-12-11-13-15-32)48(71)59-37(51-56-19-21-74-51)23-39(68)57-25-35-28-67(65-64-35)38-26-55-24-33-22-34(54)16-17-36(33)38/h11-17,19,21-22,24,26,28-31,37,41-45H,18,20,23,25,27H2,1-10H3,(H,57,68)(H,58,62)(H,59,71)(H,60,72)(H,61,73)(H,63,70)/t30-,31+,37-,41+,42?,43+,44?,45?/m1/s1. The van der Waals surface area contributed by atoms with Crippen molar-refractivity contribution in [2.45, 2.75) is 131 Å². The van der Waals surface area contributed by atoms with Crippen molar-refractivity contribution in [2.75, 3.05) is 13.1 Å². The van der Waals surface area contributed by atoms with Crippen molar-refractivity contribution < 1.29 is 28.8 Å². The van der Waals surface area contributed by atoms with Gasteiger partial charge in [0.2, 0.25) is 35.4 Å². The van der Waals surface area contributed by atoms with E-state index in [1.54, 1.807) is 40.9 Å². The van der Waals surface area contributed by atoms with Crippen LogP contribution in [0.1, 0.15) is 110 Å². The van der Waals surface area contributed by atoms with Gasteiger partial charge < -0.3 is 36.8 Å². The van der Waals surface area contributed by atoms with Crippen LogP contribution in [0, 0.1) is 22.7 Å². The van der Waals surface area contributed by atoms with Gasteiger partial charge in [-0.2, -0.15) is 0 Å². The predicted molar refractivity (Wildman–Crippen MR) is 284 cm³/mol. The first-order chi connectivity index (χ1) is 35.0. The van der Waals surface area contributed by atoms with Crippen LogP contribution in [0.15, 0.2) is 83.7 Å². The number of carbonyl (C=O) groups is 6. The maximum absolute atomic E-state index is 15.1. The van der Waals surface area contributed by atoms with E-state index in [1.165, 1.54) is 16.2 Å². The van der Waals surface area contributed by atoms with Crippen LogP contribution >= 0.6 is 22.9 Å². The van der Waals surface area contributed by atoms with E-state index in [1.807, 2.05) is 112 Å². The molecule has 5 aromatic rings. The summed E-state index contributed by atoms with van der Waals surface area (Å²) in [5.41, 5.74) is 0.360. The predicted octanol–water partition coefficient (Wildman–Crippen LogP) is 5.40. The average Bonchev–Trinajstić information content (AvgIpc) is 4.14. The van der Waals surface area contributed by atoms with E-state index in [9.17, 15) is 24.0 Å². The molecule has 0 bridgehead atoms. The molecule has 1 fully saturated rings. The van der Waals surface area contributed by atoms with E-state index in [4.69, 9.17) is 16.6 Å². The maximum Gasteiger partial charge on any atom is 0.244 e. The lowest BCUT2D eigenvalue weighted by atomic mass is 9.82. The minimum atomic E-state index is -1.18. The van der Waals surface area contributed by atoms with Gasteiger partial charge >= 0.3 is 0 Å². The van der Waals surface area contributed by atoms with Crippen LogP contribution in [0.3, 0.4) is 0 Å². The second kappa shape index (κ2) is 23.2. The quantitative estimate of drug-likeness (QED) is 0.0822. The Balaban J connectivity index is 1.14. The maximum atomic E-state index is 15.1. The number of rotatable bonds is 14. The Kier molecular flexibility index (Phi) is 17.2. The molecule has 74 heavy (non-hydrogen) atoms. The molecule has 2 aliphatic heterocycles. The van der Waals surface area contributed by atoms with Crippen LogP contribution in [0.4, 0.5) is 0 Å². The number of hydrogen-bond acceptors (Lipinski definition) is 13. The van der Waals surface area contributed by atoms with Gasteiger partial charge in [0.25, 0.3) is 0 Å². The SMILES string of the molecule is CC(C)[C@@H]1NC(=O)[C@@H]2[C@H](C)CCN2C(=O)CN=C(NC(C(=O)NC(C(=O)N[C@H](CC(=O)NCc2cn(-c3cncc4cc(Cl)ccc34)nn2)c2nccs2)[C@@H](C)c2ccccc2)C(C)(C)C)C(C(C)(C)C)NC1=O. The van der Waals surface area contributed by atoms with E-state index < -0.39 is 76.6 Å². The molecule has 3 unspecified atom stereocenters. The van der Waals surface area contributed by atoms with Gasteiger partial charge in [-0.25, -0.2) is 9.67 Å². The Hall–Kier alpha value is -6.80. The number of amidine groups is 1. The van der Waals surface area contributed by atoms with Gasteiger partial charge in [0.15, 0.2) is 0 Å². The van der Waals surface area contributed by atoms with Crippen molar-refractivity contribution in [3.63, 3.8) is 0 Å². The van der Waals surface area contributed by atoms with Crippen LogP contribution < -0.4 is 31.9 Å². The highest BCUT2D eigenvalue weighted by Gasteiger charge is 2.44. The van der Waals surface area contributed by atoms with Crippen molar-refractivity contribution in [3.05, 3.63) is 100.0 Å². The van der Waals surface area contributed by atoms with Crippen LogP contribution in [0.5, 0.6) is 0 Å². The summed E-state index contributed by atoms with van der Waals surface area (Å²) < 4.78 is 1.58. The van der Waals surface area contributed by atoms with Crippen LogP contribution in [0.2, 0.25) is 5.02 Å². The normalized spacial score (nSPS) is 20.5. The van der Waals surface area contributed by atoms with Crippen molar-refractivity contribution in [1.29, 1.82) is 0 Å². The van der Waals surface area contributed by atoms with Crippen LogP contribution in [-0.2, 0) is 35.3 Å². The molecule has 394 valence electrons. The molecule has 0 radical (unpaired) electrons. The zero-order valence-corrected chi connectivity index (χ0v) is 45.2. The molecule has 7 rings (SSSR count). The number of nitrogens with one attached hydrogen (secondary N) is 6. The lowest BCUT2D eigenvalue weighted by Crippen LogP contribution is -2.65. The van der Waals surface area contributed by atoms with E-state index in [0.29, 0.717) is 34.4 Å². The monoisotopic (exact) mass is 1050 g/mol. The van der Waals surface area contributed by atoms with E-state index >= 15 is 4.79 Å². The summed E-state index contributed by atoms with van der Waals surface area (Å²) in [7, 11) is 0. The summed E-state index contributed by atoms with van der Waals surface area (Å²) in [6.07, 6.45) is 7.08. The fraction of sp³-hybridized carbons (Fsp3) is 0.491. The van der Waals surface area contributed by atoms with Gasteiger partial charge in [-0.1, -0.05) is 122 Å². The zero-order valence-electron chi connectivity index (χ0n) is 43.6. The average molecular weight is 1050 g/mol. The summed E-state index contributed by atoms with van der Waals surface area (Å²) in [5, 5.41) is 31.5. The number of benzene rings is 2. The summed E-state index contributed by atoms with van der Waals surface area (Å²) in [5.74, 6) is -3.54. The van der Waals surface area contributed by atoms with Crippen molar-refractivity contribution in [1.82, 2.24) is 61.8 Å². The van der Waals surface area contributed by atoms with Crippen LogP contribution in [-0.4, -0.2) is 114 Å². The zero-order chi connectivity index (χ0) is 53.6. The molecule has 21 heteroatoms. The molecule has 2 aromatic carbocycles. The van der Waals surface area contributed by atoms with E-state index in [-0.39, 0.29) is 49.0 Å². The number of fused-ring (bicyclic) bond motifs is 2. The number of aromatic nitrogens is 5. The Morgan fingerprint density at radius 3 is 2.35 bits per heavy atom. The molecule has 1 saturated heterocycles. The minimum absolute atomic E-state index is 0.0400. The Morgan fingerprint density at radius 1 is 0.932 bits per heavy atom. The fourth-order valence-electron chi connectivity index (χ4n) is 9.34. The fourth-order valence-corrected chi connectivity index (χ4v) is 10.2. The second-order valence-corrected chi connectivity index (χ2v) is 23.1. The van der Waals surface area contributed by atoms with E-state index in [2.05, 4.69) is 52.2 Å². The van der Waals surface area contributed by atoms with Crippen molar-refractivity contribution in [3.8, 4) is 5.69 Å². The smallest absolute Gasteiger partial charge is 0.244 e. The molecule has 5 heterocycles. The lowest BCUT2D eigenvalue weighted by Gasteiger charge is -2.39. The van der Waals surface area contributed by atoms with Gasteiger partial charge in [-0.05, 0) is 46.8 Å². The number of pyridine rings is 1. The molecule has 6 amide bonds. The first-order valence-corrected chi connectivity index (χ1v) is 26.2. The number of nitrogens with zero attached hydrogens (tertiary/aromatic N) is 7. The number of halogens is 1. The van der Waals surface area contributed by atoms with Gasteiger partial charge in [-0.3, -0.25) is 38.7 Å². The molecule has 6 N–H and O–H groups in total. The lowest BCUT2D eigenvalue weighted by molar-refractivity contribution is -0.140. The highest BCUT2D eigenvalue weighted by molar-refractivity contribution is 7.09. The Bertz CT molecular complexity index is 2860. The topological polar surface area (TPSA) is 247 Å². The summed E-state index contributed by atoms with van der Waals surface area (Å²) in [4.78, 5) is 101. The second-order valence-electron chi connectivity index (χ2n) is 21.8. The summed E-state index contributed by atoms with van der Waals surface area (Å²) >= 11 is 7.49. The Morgan fingerprint density at radius 2 is 1.68 bits per heavy atom. The van der Waals surface area contributed by atoms with Crippen LogP contribution in [0.25, 0.3) is 16.5 Å². The molecule has 0 aliphatic carbocycles. The molecular formula is C53H68ClN13O6S. The number of hydrogen-bond donors (Lipinski definition) is 6. The van der Waals surface area contributed by atoms with Crippen molar-refractivity contribution >= 4 is 75.0 Å². The van der Waals surface area contributed by atoms with Gasteiger partial charge in [0.1, 0.15) is 47.2 Å². The van der Waals surface area contributed by atoms with E-state index in [0.717, 1.165) is 16.3 Å². The third-order valence-corrected chi connectivity index (χ3v) is 14.7. The molecular weight excluding hydrogens is 982 g/mol. The largest absolute Gasteiger partial charge is 0.360 e. The summed E-state index contributed by atoms with van der Waals surface area (Å²) in [6, 6.07) is 9.05.